The number of aliphatic hydroxyl groups excluding tert-OH is 1. The standard InChI is InChI=1S/C7H10O4.Ti/c1-3-5(2)7(10)11-6(9)4-8;/h3,8H,4H2,1-2H3;. The van der Waals surface area contributed by atoms with E-state index in [4.69, 9.17) is 5.11 Å². The van der Waals surface area contributed by atoms with Crippen LogP contribution in [0.3, 0.4) is 0 Å². The fourth-order valence-electron chi connectivity index (χ4n) is 0.334. The number of carbonyl (C=O) groups is 2. The van der Waals surface area contributed by atoms with Crippen LogP contribution in [-0.2, 0) is 36.0 Å². The first-order valence-electron chi connectivity index (χ1n) is 3.10. The van der Waals surface area contributed by atoms with Gasteiger partial charge in [-0.05, 0) is 13.8 Å². The van der Waals surface area contributed by atoms with Gasteiger partial charge in [0.25, 0.3) is 0 Å². The molecule has 0 fully saturated rings. The smallest absolute Gasteiger partial charge is 0.341 e. The number of rotatable bonds is 2. The summed E-state index contributed by atoms with van der Waals surface area (Å²) in [5.74, 6) is -1.65. The van der Waals surface area contributed by atoms with Gasteiger partial charge < -0.3 is 9.84 Å². The summed E-state index contributed by atoms with van der Waals surface area (Å²) < 4.78 is 4.16. The van der Waals surface area contributed by atoms with Crippen LogP contribution < -0.4 is 0 Å². The molecule has 0 aromatic heterocycles. The summed E-state index contributed by atoms with van der Waals surface area (Å²) in [5, 5.41) is 8.19. The summed E-state index contributed by atoms with van der Waals surface area (Å²) >= 11 is 0. The molecule has 0 amide bonds. The Labute approximate surface area is 85.5 Å². The van der Waals surface area contributed by atoms with Crippen molar-refractivity contribution >= 4 is 11.9 Å². The van der Waals surface area contributed by atoms with E-state index in [1.165, 1.54) is 13.0 Å². The number of allylic oxidation sites excluding steroid dienone is 1. The van der Waals surface area contributed by atoms with E-state index in [-0.39, 0.29) is 21.7 Å². The quantitative estimate of drug-likeness (QED) is 0.299. The average molecular weight is 206 g/mol. The topological polar surface area (TPSA) is 63.6 Å². The second-order valence-electron chi connectivity index (χ2n) is 1.89. The van der Waals surface area contributed by atoms with Gasteiger partial charge in [-0.3, -0.25) is 0 Å². The van der Waals surface area contributed by atoms with E-state index in [0.29, 0.717) is 5.57 Å². The first-order chi connectivity index (χ1) is 5.11. The second-order valence-corrected chi connectivity index (χ2v) is 1.89. The van der Waals surface area contributed by atoms with Gasteiger partial charge in [0, 0.05) is 27.3 Å². The first-order valence-corrected chi connectivity index (χ1v) is 3.10. The zero-order valence-electron chi connectivity index (χ0n) is 6.96. The number of hydrogen-bond acceptors (Lipinski definition) is 4. The Balaban J connectivity index is 0. The van der Waals surface area contributed by atoms with E-state index in [9.17, 15) is 9.59 Å². The molecule has 0 heterocycles. The summed E-state index contributed by atoms with van der Waals surface area (Å²) in [4.78, 5) is 21.0. The largest absolute Gasteiger partial charge is 0.388 e. The molecule has 12 heavy (non-hydrogen) atoms. The van der Waals surface area contributed by atoms with Gasteiger partial charge in [-0.15, -0.1) is 0 Å². The third-order valence-electron chi connectivity index (χ3n) is 1.09. The summed E-state index contributed by atoms with van der Waals surface area (Å²) in [7, 11) is 0. The van der Waals surface area contributed by atoms with Gasteiger partial charge in [-0.2, -0.15) is 0 Å². The van der Waals surface area contributed by atoms with Crippen molar-refractivity contribution in [3.8, 4) is 0 Å². The van der Waals surface area contributed by atoms with Crippen molar-refractivity contribution in [2.75, 3.05) is 6.61 Å². The van der Waals surface area contributed by atoms with Gasteiger partial charge in [0.05, 0.1) is 0 Å². The Morgan fingerprint density at radius 3 is 2.33 bits per heavy atom. The molecular weight excluding hydrogens is 196 g/mol. The maximum atomic E-state index is 10.7. The zero-order valence-corrected chi connectivity index (χ0v) is 8.52. The zero-order chi connectivity index (χ0) is 8.85. The van der Waals surface area contributed by atoms with Crippen LogP contribution in [0, 0.1) is 0 Å². The van der Waals surface area contributed by atoms with Crippen LogP contribution in [0.15, 0.2) is 11.6 Å². The second kappa shape index (κ2) is 7.22. The van der Waals surface area contributed by atoms with Crippen LogP contribution in [0.5, 0.6) is 0 Å². The van der Waals surface area contributed by atoms with E-state index in [1.807, 2.05) is 0 Å². The molecule has 0 bridgehead atoms. The average Bonchev–Trinajstić information content (AvgIpc) is 2.02. The van der Waals surface area contributed by atoms with E-state index in [1.54, 1.807) is 6.92 Å². The maximum Gasteiger partial charge on any atom is 0.341 e. The molecule has 1 N–H and O–H groups in total. The molecule has 0 aliphatic carbocycles. The molecule has 0 saturated carbocycles. The molecule has 0 saturated heterocycles. The SMILES string of the molecule is CC=C(C)C(=O)OC(=O)CO.[Ti]. The van der Waals surface area contributed by atoms with E-state index < -0.39 is 18.5 Å². The van der Waals surface area contributed by atoms with Gasteiger partial charge in [0.2, 0.25) is 0 Å². The summed E-state index contributed by atoms with van der Waals surface area (Å²) in [6.45, 7) is 2.40. The predicted molar refractivity (Wildman–Crippen MR) is 37.6 cm³/mol. The Hall–Kier alpha value is -0.446. The number of ether oxygens (including phenoxy) is 1. The monoisotopic (exact) mass is 206 g/mol. The molecule has 5 heteroatoms. The Morgan fingerprint density at radius 2 is 2.00 bits per heavy atom. The Kier molecular flexibility index (Phi) is 8.48. The van der Waals surface area contributed by atoms with Crippen LogP contribution in [0.2, 0.25) is 0 Å². The summed E-state index contributed by atoms with van der Waals surface area (Å²) in [6, 6.07) is 0. The van der Waals surface area contributed by atoms with Crippen molar-refractivity contribution in [3.63, 3.8) is 0 Å². The van der Waals surface area contributed by atoms with Crippen LogP contribution >= 0.6 is 0 Å². The normalized spacial score (nSPS) is 10.1. The summed E-state index contributed by atoms with van der Waals surface area (Å²) in [5.41, 5.74) is 0.340. The number of carbonyl (C=O) groups excluding carboxylic acids is 2. The van der Waals surface area contributed by atoms with Crippen LogP contribution in [-0.4, -0.2) is 23.7 Å². The molecule has 0 atom stereocenters. The minimum absolute atomic E-state index is 0. The molecule has 0 aromatic carbocycles. The molecule has 66 valence electrons. The van der Waals surface area contributed by atoms with Crippen LogP contribution in [0.1, 0.15) is 13.8 Å². The minimum atomic E-state index is -0.934. The maximum absolute atomic E-state index is 10.7. The Bertz CT molecular complexity index is 198. The van der Waals surface area contributed by atoms with Crippen LogP contribution in [0.4, 0.5) is 0 Å². The molecule has 0 aliphatic rings. The molecule has 0 rings (SSSR count). The van der Waals surface area contributed by atoms with E-state index in [0.717, 1.165) is 0 Å². The summed E-state index contributed by atoms with van der Waals surface area (Å²) in [6.07, 6.45) is 1.52. The molecule has 0 unspecified atom stereocenters. The third-order valence-corrected chi connectivity index (χ3v) is 1.09. The van der Waals surface area contributed by atoms with Crippen molar-refractivity contribution in [3.05, 3.63) is 11.6 Å². The molecule has 0 aromatic rings. The van der Waals surface area contributed by atoms with E-state index in [2.05, 4.69) is 4.74 Å². The van der Waals surface area contributed by atoms with Crippen molar-refractivity contribution < 1.29 is 41.2 Å². The molecular formula is C7H10O4Ti. The van der Waals surface area contributed by atoms with Gasteiger partial charge in [0.15, 0.2) is 0 Å². The fraction of sp³-hybridized carbons (Fsp3) is 0.429. The van der Waals surface area contributed by atoms with Gasteiger partial charge in [0.1, 0.15) is 6.61 Å². The first kappa shape index (κ1) is 14.1. The Morgan fingerprint density at radius 1 is 1.50 bits per heavy atom. The predicted octanol–water partition coefficient (Wildman–Crippen LogP) is 0.0122. The van der Waals surface area contributed by atoms with Gasteiger partial charge in [-0.1, -0.05) is 6.08 Å². The number of aliphatic hydroxyl groups is 1. The fourth-order valence-corrected chi connectivity index (χ4v) is 0.334. The van der Waals surface area contributed by atoms with Crippen molar-refractivity contribution in [1.82, 2.24) is 0 Å². The molecule has 0 spiro atoms. The van der Waals surface area contributed by atoms with Crippen molar-refractivity contribution in [1.29, 1.82) is 0 Å². The molecule has 0 radical (unpaired) electrons. The van der Waals surface area contributed by atoms with Crippen LogP contribution in [0.25, 0.3) is 0 Å². The van der Waals surface area contributed by atoms with Gasteiger partial charge in [-0.25, -0.2) is 9.59 Å². The van der Waals surface area contributed by atoms with Crippen molar-refractivity contribution in [2.45, 2.75) is 13.8 Å². The van der Waals surface area contributed by atoms with Crippen molar-refractivity contribution in [2.24, 2.45) is 0 Å². The minimum Gasteiger partial charge on any atom is -0.388 e. The molecule has 4 nitrogen and oxygen atoms in total. The number of hydrogen-bond donors (Lipinski definition) is 1. The number of esters is 2. The molecule has 0 aliphatic heterocycles. The third kappa shape index (κ3) is 5.24. The van der Waals surface area contributed by atoms with Gasteiger partial charge >= 0.3 is 11.9 Å². The van der Waals surface area contributed by atoms with E-state index >= 15 is 0 Å².